The summed E-state index contributed by atoms with van der Waals surface area (Å²) in [5.41, 5.74) is 5.93. The lowest BCUT2D eigenvalue weighted by Crippen LogP contribution is -2.43. The molecule has 0 spiro atoms. The van der Waals surface area contributed by atoms with E-state index in [1.807, 2.05) is 13.8 Å². The molecule has 2 N–H and O–H groups in total. The van der Waals surface area contributed by atoms with E-state index in [1.54, 1.807) is 0 Å². The summed E-state index contributed by atoms with van der Waals surface area (Å²) in [6.07, 6.45) is 0.160. The number of rotatable bonds is 3. The molecule has 0 saturated carbocycles. The van der Waals surface area contributed by atoms with Crippen LogP contribution in [0.2, 0.25) is 0 Å². The maximum absolute atomic E-state index is 5.78. The minimum absolute atomic E-state index is 0.106. The largest absolute Gasteiger partial charge is 0.376 e. The van der Waals surface area contributed by atoms with Gasteiger partial charge in [-0.3, -0.25) is 0 Å². The van der Waals surface area contributed by atoms with Gasteiger partial charge in [-0.1, -0.05) is 20.8 Å². The van der Waals surface area contributed by atoms with Gasteiger partial charge in [0.2, 0.25) is 0 Å². The topological polar surface area (TPSA) is 35.2 Å². The van der Waals surface area contributed by atoms with Crippen molar-refractivity contribution in [2.45, 2.75) is 46.8 Å². The van der Waals surface area contributed by atoms with Crippen molar-refractivity contribution in [1.29, 1.82) is 0 Å². The average molecular weight is 159 g/mol. The Morgan fingerprint density at radius 3 is 1.91 bits per heavy atom. The smallest absolute Gasteiger partial charge is 0.0771 e. The fourth-order valence-electron chi connectivity index (χ4n) is 1.37. The van der Waals surface area contributed by atoms with Crippen molar-refractivity contribution in [3.05, 3.63) is 0 Å². The lowest BCUT2D eigenvalue weighted by Gasteiger charge is -2.33. The van der Waals surface area contributed by atoms with Crippen LogP contribution >= 0.6 is 0 Å². The van der Waals surface area contributed by atoms with E-state index in [0.29, 0.717) is 0 Å². The standard InChI is InChI=1S/C9H21NO/c1-6-11-8(7(2)10)9(3,4)5/h7-8H,6,10H2,1-5H3. The minimum Gasteiger partial charge on any atom is -0.376 e. The molecule has 2 heteroatoms. The predicted molar refractivity (Wildman–Crippen MR) is 48.5 cm³/mol. The predicted octanol–water partition coefficient (Wildman–Crippen LogP) is 1.78. The average Bonchev–Trinajstić information content (AvgIpc) is 1.79. The Bertz CT molecular complexity index is 105. The van der Waals surface area contributed by atoms with Gasteiger partial charge in [0.1, 0.15) is 0 Å². The molecule has 0 fully saturated rings. The molecule has 0 saturated heterocycles. The molecule has 0 heterocycles. The number of hydrogen-bond donors (Lipinski definition) is 1. The highest BCUT2D eigenvalue weighted by atomic mass is 16.5. The molecule has 68 valence electrons. The van der Waals surface area contributed by atoms with Crippen molar-refractivity contribution >= 4 is 0 Å². The molecule has 0 bridgehead atoms. The van der Waals surface area contributed by atoms with Gasteiger partial charge in [0.05, 0.1) is 6.10 Å². The molecular weight excluding hydrogens is 138 g/mol. The van der Waals surface area contributed by atoms with Crippen LogP contribution < -0.4 is 5.73 Å². The van der Waals surface area contributed by atoms with Crippen LogP contribution in [0.4, 0.5) is 0 Å². The number of hydrogen-bond acceptors (Lipinski definition) is 2. The van der Waals surface area contributed by atoms with E-state index in [4.69, 9.17) is 10.5 Å². The SMILES string of the molecule is CCOC(C(C)N)C(C)(C)C. The first-order valence-electron chi connectivity index (χ1n) is 4.26. The molecule has 2 atom stereocenters. The van der Waals surface area contributed by atoms with E-state index in [1.165, 1.54) is 0 Å². The second-order valence-corrected chi connectivity index (χ2v) is 4.10. The van der Waals surface area contributed by atoms with E-state index in [-0.39, 0.29) is 17.6 Å². The molecule has 0 aromatic rings. The van der Waals surface area contributed by atoms with Gasteiger partial charge in [0, 0.05) is 12.6 Å². The normalized spacial score (nSPS) is 18.0. The summed E-state index contributed by atoms with van der Waals surface area (Å²) < 4.78 is 5.54. The Balaban J connectivity index is 4.10. The highest BCUT2D eigenvalue weighted by Gasteiger charge is 2.27. The van der Waals surface area contributed by atoms with Crippen LogP contribution in [0.15, 0.2) is 0 Å². The molecule has 0 aliphatic carbocycles. The summed E-state index contributed by atoms with van der Waals surface area (Å²) >= 11 is 0. The van der Waals surface area contributed by atoms with Crippen molar-refractivity contribution in [2.75, 3.05) is 6.61 Å². The summed E-state index contributed by atoms with van der Waals surface area (Å²) in [6.45, 7) is 11.2. The summed E-state index contributed by atoms with van der Waals surface area (Å²) in [4.78, 5) is 0. The van der Waals surface area contributed by atoms with Crippen molar-refractivity contribution < 1.29 is 4.74 Å². The van der Waals surface area contributed by atoms with E-state index in [0.717, 1.165) is 6.61 Å². The van der Waals surface area contributed by atoms with E-state index < -0.39 is 0 Å². The summed E-state index contributed by atoms with van der Waals surface area (Å²) in [5, 5.41) is 0. The van der Waals surface area contributed by atoms with Crippen molar-refractivity contribution in [1.82, 2.24) is 0 Å². The third kappa shape index (κ3) is 3.73. The van der Waals surface area contributed by atoms with E-state index in [9.17, 15) is 0 Å². The lowest BCUT2D eigenvalue weighted by atomic mass is 9.85. The fraction of sp³-hybridized carbons (Fsp3) is 1.00. The Kier molecular flexibility index (Phi) is 4.04. The van der Waals surface area contributed by atoms with Gasteiger partial charge < -0.3 is 10.5 Å². The number of ether oxygens (including phenoxy) is 1. The van der Waals surface area contributed by atoms with E-state index >= 15 is 0 Å². The molecule has 2 unspecified atom stereocenters. The van der Waals surface area contributed by atoms with Crippen LogP contribution in [0.1, 0.15) is 34.6 Å². The van der Waals surface area contributed by atoms with E-state index in [2.05, 4.69) is 20.8 Å². The first-order valence-corrected chi connectivity index (χ1v) is 4.26. The van der Waals surface area contributed by atoms with Crippen LogP contribution in [0.25, 0.3) is 0 Å². The lowest BCUT2D eigenvalue weighted by molar-refractivity contribution is -0.0239. The van der Waals surface area contributed by atoms with Crippen LogP contribution in [-0.4, -0.2) is 18.8 Å². The summed E-state index contributed by atoms with van der Waals surface area (Å²) in [7, 11) is 0. The van der Waals surface area contributed by atoms with Crippen molar-refractivity contribution in [3.8, 4) is 0 Å². The molecule has 0 aliphatic heterocycles. The first-order chi connectivity index (χ1) is 4.89. The highest BCUT2D eigenvalue weighted by Crippen LogP contribution is 2.23. The third-order valence-electron chi connectivity index (χ3n) is 1.68. The van der Waals surface area contributed by atoms with Gasteiger partial charge in [-0.2, -0.15) is 0 Å². The molecule has 0 aliphatic rings. The third-order valence-corrected chi connectivity index (χ3v) is 1.68. The molecule has 0 aromatic carbocycles. The van der Waals surface area contributed by atoms with Crippen LogP contribution in [-0.2, 0) is 4.74 Å². The Labute approximate surface area is 70.1 Å². The second kappa shape index (κ2) is 4.07. The quantitative estimate of drug-likeness (QED) is 0.681. The molecule has 0 radical (unpaired) electrons. The van der Waals surface area contributed by atoms with Gasteiger partial charge in [-0.25, -0.2) is 0 Å². The summed E-state index contributed by atoms with van der Waals surface area (Å²) in [6, 6.07) is 0.106. The monoisotopic (exact) mass is 159 g/mol. The van der Waals surface area contributed by atoms with Gasteiger partial charge >= 0.3 is 0 Å². The Morgan fingerprint density at radius 2 is 1.82 bits per heavy atom. The maximum atomic E-state index is 5.78. The van der Waals surface area contributed by atoms with Gasteiger partial charge in [0.15, 0.2) is 0 Å². The van der Waals surface area contributed by atoms with Gasteiger partial charge in [-0.05, 0) is 19.3 Å². The first kappa shape index (κ1) is 10.9. The fourth-order valence-corrected chi connectivity index (χ4v) is 1.37. The van der Waals surface area contributed by atoms with Crippen LogP contribution in [0.3, 0.4) is 0 Å². The Hall–Kier alpha value is -0.0800. The Morgan fingerprint density at radius 1 is 1.36 bits per heavy atom. The molecule has 0 aromatic heterocycles. The molecule has 2 nitrogen and oxygen atoms in total. The zero-order chi connectivity index (χ0) is 9.07. The highest BCUT2D eigenvalue weighted by molar-refractivity contribution is 4.81. The van der Waals surface area contributed by atoms with Gasteiger partial charge in [-0.15, -0.1) is 0 Å². The van der Waals surface area contributed by atoms with Crippen LogP contribution in [0, 0.1) is 5.41 Å². The minimum atomic E-state index is 0.106. The van der Waals surface area contributed by atoms with Crippen molar-refractivity contribution in [2.24, 2.45) is 11.1 Å². The molecule has 11 heavy (non-hydrogen) atoms. The zero-order valence-corrected chi connectivity index (χ0v) is 8.35. The molecule has 0 rings (SSSR count). The maximum Gasteiger partial charge on any atom is 0.0771 e. The zero-order valence-electron chi connectivity index (χ0n) is 8.35. The molecular formula is C9H21NO. The number of nitrogens with two attached hydrogens (primary N) is 1. The summed E-state index contributed by atoms with van der Waals surface area (Å²) in [5.74, 6) is 0. The van der Waals surface area contributed by atoms with Crippen molar-refractivity contribution in [3.63, 3.8) is 0 Å². The second-order valence-electron chi connectivity index (χ2n) is 4.10. The van der Waals surface area contributed by atoms with Gasteiger partial charge in [0.25, 0.3) is 0 Å². The molecule has 0 amide bonds. The van der Waals surface area contributed by atoms with Crippen LogP contribution in [0.5, 0.6) is 0 Å².